The normalized spacial score (nSPS) is 15.0. The smallest absolute Gasteiger partial charge is 0.244 e. The zero-order chi connectivity index (χ0) is 23.8. The molecule has 1 aliphatic rings. The topological polar surface area (TPSA) is 103 Å². The average molecular weight is 451 g/mol. The molecule has 1 saturated heterocycles. The van der Waals surface area contributed by atoms with Crippen LogP contribution in [0.5, 0.6) is 5.75 Å². The Kier molecular flexibility index (Phi) is 8.30. The van der Waals surface area contributed by atoms with Gasteiger partial charge in [0.05, 0.1) is 31.4 Å². The van der Waals surface area contributed by atoms with Gasteiger partial charge in [-0.25, -0.2) is 4.39 Å². The Bertz CT molecular complexity index is 1060. The highest BCUT2D eigenvalue weighted by Gasteiger charge is 2.33. The van der Waals surface area contributed by atoms with E-state index in [4.69, 9.17) is 10.00 Å². The molecule has 1 aliphatic heterocycles. The van der Waals surface area contributed by atoms with Crippen LogP contribution in [-0.4, -0.2) is 61.1 Å². The second-order valence-electron chi connectivity index (χ2n) is 7.91. The summed E-state index contributed by atoms with van der Waals surface area (Å²) in [4.78, 5) is 26.8. The van der Waals surface area contributed by atoms with Crippen molar-refractivity contribution in [2.24, 2.45) is 5.92 Å². The number of carbonyl (C=O) groups is 2. The number of halogens is 1. The number of nitrogens with zero attached hydrogens (tertiary/aromatic N) is 2. The summed E-state index contributed by atoms with van der Waals surface area (Å²) in [5, 5.41) is 21.4. The number of ketones is 1. The van der Waals surface area contributed by atoms with Gasteiger partial charge in [0.25, 0.3) is 0 Å². The van der Waals surface area contributed by atoms with E-state index in [1.54, 1.807) is 24.3 Å². The molecule has 0 radical (unpaired) electrons. The van der Waals surface area contributed by atoms with Gasteiger partial charge in [0.1, 0.15) is 11.6 Å². The van der Waals surface area contributed by atoms with Gasteiger partial charge < -0.3 is 20.1 Å². The first-order valence-corrected chi connectivity index (χ1v) is 10.6. The van der Waals surface area contributed by atoms with E-state index in [0.29, 0.717) is 48.5 Å². The lowest BCUT2D eigenvalue weighted by Gasteiger charge is -2.39. The highest BCUT2D eigenvalue weighted by atomic mass is 19.1. The second-order valence-corrected chi connectivity index (χ2v) is 7.91. The average Bonchev–Trinajstić information content (AvgIpc) is 2.80. The molecular formula is C25H26FN3O4. The van der Waals surface area contributed by atoms with Gasteiger partial charge in [0.15, 0.2) is 5.78 Å². The molecule has 1 fully saturated rings. The van der Waals surface area contributed by atoms with E-state index in [1.807, 2.05) is 6.07 Å². The van der Waals surface area contributed by atoms with Crippen LogP contribution in [-0.2, 0) is 4.79 Å². The quantitative estimate of drug-likeness (QED) is 0.425. The third kappa shape index (κ3) is 6.48. The molecule has 2 aromatic rings. The maximum atomic E-state index is 13.0. The van der Waals surface area contributed by atoms with Gasteiger partial charge in [-0.3, -0.25) is 9.59 Å². The molecule has 0 aromatic heterocycles. The minimum atomic E-state index is -0.429. The van der Waals surface area contributed by atoms with Crippen molar-refractivity contribution in [1.29, 1.82) is 5.26 Å². The monoisotopic (exact) mass is 451 g/mol. The summed E-state index contributed by atoms with van der Waals surface area (Å²) in [5.41, 5.74) is 1.56. The van der Waals surface area contributed by atoms with Crippen LogP contribution < -0.4 is 10.1 Å². The molecule has 0 spiro atoms. The highest BCUT2D eigenvalue weighted by Crippen LogP contribution is 2.22. The number of rotatable bonds is 10. The third-order valence-electron chi connectivity index (χ3n) is 5.59. The molecule has 7 nitrogen and oxygen atoms in total. The summed E-state index contributed by atoms with van der Waals surface area (Å²) in [5.74, 6) is -0.326. The minimum absolute atomic E-state index is 0.000654. The molecule has 8 heteroatoms. The first kappa shape index (κ1) is 24.1. The van der Waals surface area contributed by atoms with E-state index >= 15 is 0 Å². The molecule has 1 atom stereocenters. The number of Topliss-reactive ketones (excluding diaryl/α,β-unsaturated/α-hetero) is 1. The molecule has 2 aromatic carbocycles. The number of amides is 1. The fourth-order valence-electron chi connectivity index (χ4n) is 3.66. The number of likely N-dealkylation sites (tertiary alicyclic amines) is 1. The van der Waals surface area contributed by atoms with Gasteiger partial charge in [0.2, 0.25) is 5.91 Å². The second kappa shape index (κ2) is 11.4. The Morgan fingerprint density at radius 2 is 2.03 bits per heavy atom. The lowest BCUT2D eigenvalue weighted by molar-refractivity contribution is -0.117. The molecule has 33 heavy (non-hydrogen) atoms. The fraction of sp³-hybridized carbons (Fsp3) is 0.320. The van der Waals surface area contributed by atoms with Crippen molar-refractivity contribution in [1.82, 2.24) is 10.2 Å². The van der Waals surface area contributed by atoms with Crippen molar-refractivity contribution in [3.05, 3.63) is 71.0 Å². The van der Waals surface area contributed by atoms with E-state index < -0.39 is 6.04 Å². The summed E-state index contributed by atoms with van der Waals surface area (Å²) >= 11 is 0. The molecule has 0 bridgehead atoms. The first-order valence-electron chi connectivity index (χ1n) is 10.6. The zero-order valence-electron chi connectivity index (χ0n) is 18.3. The Balaban J connectivity index is 1.45. The number of methoxy groups -OCH3 is 1. The fourth-order valence-corrected chi connectivity index (χ4v) is 3.66. The van der Waals surface area contributed by atoms with Gasteiger partial charge in [-0.15, -0.1) is 0 Å². The van der Waals surface area contributed by atoms with Crippen molar-refractivity contribution in [2.45, 2.75) is 12.5 Å². The van der Waals surface area contributed by atoms with Crippen molar-refractivity contribution in [3.8, 4) is 11.8 Å². The number of aliphatic hydroxyl groups is 1. The van der Waals surface area contributed by atoms with Gasteiger partial charge in [-0.05, 0) is 55.0 Å². The largest absolute Gasteiger partial charge is 0.496 e. The van der Waals surface area contributed by atoms with Gasteiger partial charge >= 0.3 is 0 Å². The standard InChI is InChI=1S/C25H26FN3O4/c1-33-23-8-2-17(13-27)12-19(23)5-9-24(31)28-22(16-30)10-11-29-14-20(15-29)25(32)18-3-6-21(26)7-4-18/h2-9,12,20,22,30H,10-11,14-16H2,1H3,(H,28,31)/b9-5+/t22-/m1/s1. The van der Waals surface area contributed by atoms with E-state index in [2.05, 4.69) is 10.2 Å². The van der Waals surface area contributed by atoms with Crippen LogP contribution in [0.15, 0.2) is 48.5 Å². The van der Waals surface area contributed by atoms with Crippen molar-refractivity contribution in [2.75, 3.05) is 33.4 Å². The summed E-state index contributed by atoms with van der Waals surface area (Å²) in [6, 6.07) is 12.1. The van der Waals surface area contributed by atoms with Crippen molar-refractivity contribution < 1.29 is 23.8 Å². The Hall–Kier alpha value is -3.54. The molecule has 1 amide bonds. The summed E-state index contributed by atoms with van der Waals surface area (Å²) in [6.07, 6.45) is 3.42. The van der Waals surface area contributed by atoms with Crippen LogP contribution in [0, 0.1) is 23.1 Å². The number of nitrogens with one attached hydrogen (secondary N) is 1. The molecule has 0 aliphatic carbocycles. The van der Waals surface area contributed by atoms with Crippen molar-refractivity contribution in [3.63, 3.8) is 0 Å². The SMILES string of the molecule is COc1ccc(C#N)cc1/C=C/C(=O)N[C@@H](CO)CCN1CC(C(=O)c2ccc(F)cc2)C1. The number of hydrogen-bond donors (Lipinski definition) is 2. The Morgan fingerprint density at radius 3 is 2.67 bits per heavy atom. The Labute approximate surface area is 192 Å². The maximum Gasteiger partial charge on any atom is 0.244 e. The number of aliphatic hydroxyl groups excluding tert-OH is 1. The molecule has 0 unspecified atom stereocenters. The van der Waals surface area contributed by atoms with Crippen LogP contribution in [0.2, 0.25) is 0 Å². The van der Waals surface area contributed by atoms with E-state index in [0.717, 1.165) is 0 Å². The van der Waals surface area contributed by atoms with E-state index in [9.17, 15) is 19.1 Å². The molecule has 1 heterocycles. The predicted octanol–water partition coefficient (Wildman–Crippen LogP) is 2.40. The summed E-state index contributed by atoms with van der Waals surface area (Å²) < 4.78 is 18.3. The molecule has 172 valence electrons. The highest BCUT2D eigenvalue weighted by molar-refractivity contribution is 5.98. The lowest BCUT2D eigenvalue weighted by atomic mass is 9.90. The number of hydrogen-bond acceptors (Lipinski definition) is 6. The van der Waals surface area contributed by atoms with Gasteiger partial charge in [-0.2, -0.15) is 5.26 Å². The molecule has 2 N–H and O–H groups in total. The van der Waals surface area contributed by atoms with Crippen LogP contribution in [0.25, 0.3) is 6.08 Å². The lowest BCUT2D eigenvalue weighted by Crippen LogP contribution is -2.51. The molecular weight excluding hydrogens is 425 g/mol. The predicted molar refractivity (Wildman–Crippen MR) is 121 cm³/mol. The van der Waals surface area contributed by atoms with Crippen LogP contribution in [0.1, 0.15) is 27.9 Å². The number of ether oxygens (including phenoxy) is 1. The summed E-state index contributed by atoms with van der Waals surface area (Å²) in [7, 11) is 1.51. The number of nitriles is 1. The van der Waals surface area contributed by atoms with E-state index in [1.165, 1.54) is 37.5 Å². The van der Waals surface area contributed by atoms with Gasteiger partial charge in [-0.1, -0.05) is 0 Å². The van der Waals surface area contributed by atoms with E-state index in [-0.39, 0.29) is 30.0 Å². The molecule has 3 rings (SSSR count). The first-order chi connectivity index (χ1) is 15.9. The Morgan fingerprint density at radius 1 is 1.30 bits per heavy atom. The number of benzene rings is 2. The van der Waals surface area contributed by atoms with Crippen LogP contribution in [0.4, 0.5) is 4.39 Å². The number of carbonyl (C=O) groups excluding carboxylic acids is 2. The van der Waals surface area contributed by atoms with Crippen LogP contribution in [0.3, 0.4) is 0 Å². The molecule has 0 saturated carbocycles. The third-order valence-corrected chi connectivity index (χ3v) is 5.59. The minimum Gasteiger partial charge on any atom is -0.496 e. The van der Waals surface area contributed by atoms with Crippen molar-refractivity contribution >= 4 is 17.8 Å². The van der Waals surface area contributed by atoms with Crippen LogP contribution >= 0.6 is 0 Å². The van der Waals surface area contributed by atoms with Gasteiger partial charge in [0, 0.05) is 42.8 Å². The zero-order valence-corrected chi connectivity index (χ0v) is 18.3. The maximum absolute atomic E-state index is 13.0. The summed E-state index contributed by atoms with van der Waals surface area (Å²) in [6.45, 7) is 1.60.